The molecule has 8 heteroatoms. The molecule has 2 fully saturated rings. The van der Waals surface area contributed by atoms with Crippen LogP contribution in [0.25, 0.3) is 0 Å². The summed E-state index contributed by atoms with van der Waals surface area (Å²) < 4.78 is 44.8. The summed E-state index contributed by atoms with van der Waals surface area (Å²) >= 11 is 0. The maximum Gasteiger partial charge on any atom is 0.433 e. The second-order valence-corrected chi connectivity index (χ2v) is 9.58. The highest BCUT2D eigenvalue weighted by Gasteiger charge is 2.50. The largest absolute Gasteiger partial charge is 0.433 e. The molecule has 3 heterocycles. The Hall–Kier alpha value is -1.67. The van der Waals surface area contributed by atoms with Gasteiger partial charge < -0.3 is 15.0 Å². The average molecular weight is 440 g/mol. The van der Waals surface area contributed by atoms with Gasteiger partial charge in [-0.15, -0.1) is 0 Å². The maximum atomic E-state index is 13.7. The van der Waals surface area contributed by atoms with Crippen molar-refractivity contribution in [1.82, 2.24) is 15.2 Å². The molecule has 172 valence electrons. The number of alkyl halides is 3. The smallest absolute Gasteiger partial charge is 0.381 e. The molecular weight excluding hydrogens is 407 g/mol. The van der Waals surface area contributed by atoms with E-state index in [2.05, 4.69) is 24.1 Å². The summed E-state index contributed by atoms with van der Waals surface area (Å²) in [4.78, 5) is 19.3. The number of aromatic nitrogens is 1. The van der Waals surface area contributed by atoms with Gasteiger partial charge in [-0.2, -0.15) is 13.2 Å². The Morgan fingerprint density at radius 3 is 2.65 bits per heavy atom. The van der Waals surface area contributed by atoms with E-state index in [9.17, 15) is 18.0 Å². The van der Waals surface area contributed by atoms with E-state index >= 15 is 0 Å². The van der Waals surface area contributed by atoms with Crippen molar-refractivity contribution in [2.24, 2.45) is 11.3 Å². The number of rotatable bonds is 4. The van der Waals surface area contributed by atoms with E-state index in [0.29, 0.717) is 30.7 Å². The Morgan fingerprint density at radius 2 is 1.97 bits per heavy atom. The third kappa shape index (κ3) is 4.60. The highest BCUT2D eigenvalue weighted by molar-refractivity contribution is 5.83. The number of hydrogen-bond acceptors (Lipinski definition) is 4. The van der Waals surface area contributed by atoms with Crippen molar-refractivity contribution in [2.75, 3.05) is 19.8 Å². The van der Waals surface area contributed by atoms with Crippen LogP contribution < -0.4 is 5.32 Å². The molecule has 4 rings (SSSR count). The molecule has 1 aromatic rings. The minimum absolute atomic E-state index is 0.0728. The molecule has 1 amide bonds. The first-order valence-corrected chi connectivity index (χ1v) is 11.4. The van der Waals surface area contributed by atoms with Crippen LogP contribution in [0, 0.1) is 11.3 Å². The third-order valence-corrected chi connectivity index (χ3v) is 7.41. The fraction of sp³-hybridized carbons (Fsp3) is 0.739. The van der Waals surface area contributed by atoms with E-state index in [1.165, 1.54) is 6.07 Å². The molecule has 2 atom stereocenters. The Kier molecular flexibility index (Phi) is 6.32. The van der Waals surface area contributed by atoms with Gasteiger partial charge in [0.1, 0.15) is 5.69 Å². The van der Waals surface area contributed by atoms with E-state index in [0.717, 1.165) is 56.9 Å². The normalized spacial score (nSPS) is 27.5. The van der Waals surface area contributed by atoms with E-state index in [1.54, 1.807) is 4.90 Å². The highest BCUT2D eigenvalue weighted by atomic mass is 19.4. The number of halogens is 3. The molecule has 0 aromatic carbocycles. The van der Waals surface area contributed by atoms with Crippen LogP contribution in [-0.2, 0) is 28.7 Å². The molecule has 1 aliphatic carbocycles. The van der Waals surface area contributed by atoms with Crippen molar-refractivity contribution in [2.45, 2.75) is 77.2 Å². The number of ether oxygens (including phenoxy) is 1. The van der Waals surface area contributed by atoms with Crippen molar-refractivity contribution < 1.29 is 22.7 Å². The van der Waals surface area contributed by atoms with E-state index < -0.39 is 17.3 Å². The van der Waals surface area contributed by atoms with E-state index in [1.807, 2.05) is 0 Å². The molecule has 5 nitrogen and oxygen atoms in total. The van der Waals surface area contributed by atoms with Crippen LogP contribution in [-0.4, -0.2) is 47.6 Å². The monoisotopic (exact) mass is 439 g/mol. The average Bonchev–Trinajstić information content (AvgIpc) is 3.17. The van der Waals surface area contributed by atoms with Crippen LogP contribution >= 0.6 is 0 Å². The Bertz CT molecular complexity index is 808. The molecular formula is C23H32F3N3O2. The Labute approximate surface area is 181 Å². The Morgan fingerprint density at radius 1 is 1.23 bits per heavy atom. The number of carbonyl (C=O) groups is 1. The maximum absolute atomic E-state index is 13.7. The summed E-state index contributed by atoms with van der Waals surface area (Å²) in [5, 5.41) is 3.74. The minimum atomic E-state index is -4.48. The van der Waals surface area contributed by atoms with Gasteiger partial charge in [-0.3, -0.25) is 4.79 Å². The van der Waals surface area contributed by atoms with Crippen LogP contribution in [0.15, 0.2) is 12.1 Å². The Balaban J connectivity index is 1.48. The third-order valence-electron chi connectivity index (χ3n) is 7.41. The van der Waals surface area contributed by atoms with Crippen molar-refractivity contribution in [3.63, 3.8) is 0 Å². The van der Waals surface area contributed by atoms with Gasteiger partial charge in [0.25, 0.3) is 0 Å². The number of carbonyl (C=O) groups excluding carboxylic acids is 1. The molecule has 1 saturated heterocycles. The number of pyridine rings is 1. The fourth-order valence-electron chi connectivity index (χ4n) is 5.44. The summed E-state index contributed by atoms with van der Waals surface area (Å²) in [7, 11) is 0. The lowest BCUT2D eigenvalue weighted by molar-refractivity contribution is -0.146. The number of fused-ring (bicyclic) bond motifs is 1. The first-order chi connectivity index (χ1) is 14.7. The molecule has 1 saturated carbocycles. The predicted octanol–water partition coefficient (Wildman–Crippen LogP) is 3.95. The van der Waals surface area contributed by atoms with Crippen molar-refractivity contribution >= 4 is 5.91 Å². The van der Waals surface area contributed by atoms with Gasteiger partial charge in [-0.05, 0) is 56.1 Å². The second-order valence-electron chi connectivity index (χ2n) is 9.58. The van der Waals surface area contributed by atoms with Crippen LogP contribution in [0.4, 0.5) is 13.2 Å². The summed E-state index contributed by atoms with van der Waals surface area (Å²) in [6, 6.07) is 3.27. The minimum Gasteiger partial charge on any atom is -0.381 e. The fourth-order valence-corrected chi connectivity index (χ4v) is 5.44. The van der Waals surface area contributed by atoms with Gasteiger partial charge >= 0.3 is 6.18 Å². The molecule has 31 heavy (non-hydrogen) atoms. The van der Waals surface area contributed by atoms with Crippen LogP contribution in [0.1, 0.15) is 62.9 Å². The van der Waals surface area contributed by atoms with Crippen molar-refractivity contribution in [3.8, 4) is 0 Å². The van der Waals surface area contributed by atoms with Crippen molar-refractivity contribution in [1.29, 1.82) is 0 Å². The summed E-state index contributed by atoms with van der Waals surface area (Å²) in [5.41, 5.74) is -0.174. The van der Waals surface area contributed by atoms with Gasteiger partial charge in [-0.25, -0.2) is 4.98 Å². The molecule has 2 aliphatic heterocycles. The zero-order valence-corrected chi connectivity index (χ0v) is 18.3. The standard InChI is InChI=1S/C23H32F3N3O2/c1-15(2)22(9-5-18(13-22)27-17-7-11-31-12-8-17)21(30)29-10-6-16-3-4-20(23(24,25)26)28-19(16)14-29/h3-4,15,17-18,27H,5-14H2,1-2H3/t18-,22+/m0/s1. The first kappa shape index (κ1) is 22.5. The molecule has 1 aromatic heterocycles. The van der Waals surface area contributed by atoms with Gasteiger partial charge in [0.2, 0.25) is 5.91 Å². The molecule has 0 bridgehead atoms. The lowest BCUT2D eigenvalue weighted by Gasteiger charge is -2.39. The number of amides is 1. The van der Waals surface area contributed by atoms with Crippen molar-refractivity contribution in [3.05, 3.63) is 29.1 Å². The van der Waals surface area contributed by atoms with Crippen LogP contribution in [0.5, 0.6) is 0 Å². The topological polar surface area (TPSA) is 54.5 Å². The zero-order chi connectivity index (χ0) is 22.2. The van der Waals surface area contributed by atoms with Crippen LogP contribution in [0.2, 0.25) is 0 Å². The molecule has 0 unspecified atom stereocenters. The summed E-state index contributed by atoms with van der Waals surface area (Å²) in [5.74, 6) is 0.237. The predicted molar refractivity (Wildman–Crippen MR) is 110 cm³/mol. The molecule has 0 spiro atoms. The highest BCUT2D eigenvalue weighted by Crippen LogP contribution is 2.46. The van der Waals surface area contributed by atoms with Gasteiger partial charge in [0, 0.05) is 31.8 Å². The molecule has 1 N–H and O–H groups in total. The summed E-state index contributed by atoms with van der Waals surface area (Å²) in [6.07, 6.45) is 0.593. The van der Waals surface area contributed by atoms with Crippen LogP contribution in [0.3, 0.4) is 0 Å². The van der Waals surface area contributed by atoms with Gasteiger partial charge in [0.05, 0.1) is 17.7 Å². The number of hydrogen-bond donors (Lipinski definition) is 1. The zero-order valence-electron chi connectivity index (χ0n) is 18.3. The molecule has 3 aliphatic rings. The SMILES string of the molecule is CC(C)[C@@]1(C(=O)N2CCc3ccc(C(F)(F)F)nc3C2)CC[C@H](NC2CCOCC2)C1. The summed E-state index contributed by atoms with van der Waals surface area (Å²) in [6.45, 7) is 6.42. The van der Waals surface area contributed by atoms with E-state index in [4.69, 9.17) is 4.74 Å². The van der Waals surface area contributed by atoms with E-state index in [-0.39, 0.29) is 18.4 Å². The van der Waals surface area contributed by atoms with Gasteiger partial charge in [-0.1, -0.05) is 19.9 Å². The number of nitrogens with zero attached hydrogens (tertiary/aromatic N) is 2. The lowest BCUT2D eigenvalue weighted by Crippen LogP contribution is -2.49. The van der Waals surface area contributed by atoms with Gasteiger partial charge in [0.15, 0.2) is 0 Å². The second kappa shape index (κ2) is 8.70. The molecule has 0 radical (unpaired) electrons. The first-order valence-electron chi connectivity index (χ1n) is 11.4. The lowest BCUT2D eigenvalue weighted by atomic mass is 9.74. The number of nitrogens with one attached hydrogen (secondary N) is 1. The quantitative estimate of drug-likeness (QED) is 0.772.